The van der Waals surface area contributed by atoms with Gasteiger partial charge in [-0.15, -0.1) is 0 Å². The number of ether oxygens (including phenoxy) is 1. The highest BCUT2D eigenvalue weighted by atomic mass is 19.3. The normalized spacial score (nSPS) is 11.3. The lowest BCUT2D eigenvalue weighted by molar-refractivity contribution is -0.0498. The van der Waals surface area contributed by atoms with Gasteiger partial charge in [0.15, 0.2) is 5.69 Å². The van der Waals surface area contributed by atoms with Gasteiger partial charge in [0.25, 0.3) is 11.5 Å². The molecule has 0 N–H and O–H groups in total. The SMILES string of the molecule is CC(C)n1nc(C(=O)N(C)Cc2ccc(OC(F)F)cc2)c2ccccc2c1=O. The third kappa shape index (κ3) is 4.42. The molecule has 3 aromatic rings. The molecule has 1 heterocycles. The summed E-state index contributed by atoms with van der Waals surface area (Å²) in [6.45, 7) is 1.000. The molecule has 0 spiro atoms. The zero-order valence-corrected chi connectivity index (χ0v) is 16.3. The van der Waals surface area contributed by atoms with E-state index in [1.54, 1.807) is 43.4 Å². The summed E-state index contributed by atoms with van der Waals surface area (Å²) in [6.07, 6.45) is 0. The smallest absolute Gasteiger partial charge is 0.387 e. The van der Waals surface area contributed by atoms with Crippen LogP contribution in [0.25, 0.3) is 10.8 Å². The standard InChI is InChI=1S/C21H21F2N3O3/c1-13(2)26-19(27)17-7-5-4-6-16(17)18(24-26)20(28)25(3)12-14-8-10-15(11-9-14)29-21(22)23/h4-11,13,21H,12H2,1-3H3. The molecule has 0 fully saturated rings. The number of alkyl halides is 2. The van der Waals surface area contributed by atoms with E-state index in [1.165, 1.54) is 21.7 Å². The molecule has 152 valence electrons. The summed E-state index contributed by atoms with van der Waals surface area (Å²) in [7, 11) is 1.62. The van der Waals surface area contributed by atoms with Crippen LogP contribution in [0.1, 0.15) is 35.9 Å². The Bertz CT molecular complexity index is 1080. The molecule has 0 saturated carbocycles. The maximum atomic E-state index is 13.1. The third-order valence-corrected chi connectivity index (χ3v) is 4.44. The van der Waals surface area contributed by atoms with Crippen molar-refractivity contribution in [2.45, 2.75) is 33.0 Å². The third-order valence-electron chi connectivity index (χ3n) is 4.44. The monoisotopic (exact) mass is 401 g/mol. The van der Waals surface area contributed by atoms with E-state index in [2.05, 4.69) is 9.84 Å². The van der Waals surface area contributed by atoms with Crippen molar-refractivity contribution in [3.63, 3.8) is 0 Å². The van der Waals surface area contributed by atoms with E-state index in [-0.39, 0.29) is 35.5 Å². The van der Waals surface area contributed by atoms with Crippen LogP contribution in [-0.4, -0.2) is 34.2 Å². The fraction of sp³-hybridized carbons (Fsp3) is 0.286. The number of amides is 1. The lowest BCUT2D eigenvalue weighted by Crippen LogP contribution is -2.32. The first-order valence-corrected chi connectivity index (χ1v) is 9.08. The number of rotatable bonds is 6. The molecule has 1 amide bonds. The lowest BCUT2D eigenvalue weighted by atomic mass is 10.1. The minimum absolute atomic E-state index is 0.0504. The first kappa shape index (κ1) is 20.4. The Morgan fingerprint density at radius 3 is 2.31 bits per heavy atom. The van der Waals surface area contributed by atoms with Gasteiger partial charge in [-0.05, 0) is 37.6 Å². The van der Waals surface area contributed by atoms with Crippen LogP contribution < -0.4 is 10.3 Å². The van der Waals surface area contributed by atoms with Crippen LogP contribution in [0, 0.1) is 0 Å². The first-order valence-electron chi connectivity index (χ1n) is 9.08. The molecule has 0 aliphatic carbocycles. The molecule has 0 unspecified atom stereocenters. The molecule has 29 heavy (non-hydrogen) atoms. The Labute approximate surface area is 166 Å². The highest BCUT2D eigenvalue weighted by molar-refractivity contribution is 6.04. The van der Waals surface area contributed by atoms with E-state index >= 15 is 0 Å². The average molecular weight is 401 g/mol. The number of fused-ring (bicyclic) bond motifs is 1. The number of carbonyl (C=O) groups is 1. The minimum Gasteiger partial charge on any atom is -0.435 e. The van der Waals surface area contributed by atoms with Gasteiger partial charge in [-0.2, -0.15) is 13.9 Å². The van der Waals surface area contributed by atoms with Crippen molar-refractivity contribution in [3.8, 4) is 5.75 Å². The van der Waals surface area contributed by atoms with Gasteiger partial charge < -0.3 is 9.64 Å². The van der Waals surface area contributed by atoms with Crippen molar-refractivity contribution >= 4 is 16.7 Å². The molecule has 0 aliphatic rings. The van der Waals surface area contributed by atoms with Crippen LogP contribution in [-0.2, 0) is 6.54 Å². The van der Waals surface area contributed by atoms with E-state index in [0.29, 0.717) is 10.8 Å². The maximum Gasteiger partial charge on any atom is 0.387 e. The molecular formula is C21H21F2N3O3. The Morgan fingerprint density at radius 2 is 1.72 bits per heavy atom. The highest BCUT2D eigenvalue weighted by Crippen LogP contribution is 2.19. The summed E-state index contributed by atoms with van der Waals surface area (Å²) < 4.78 is 30.2. The van der Waals surface area contributed by atoms with Crippen LogP contribution in [0.2, 0.25) is 0 Å². The van der Waals surface area contributed by atoms with E-state index in [4.69, 9.17) is 0 Å². The maximum absolute atomic E-state index is 13.1. The number of nitrogens with zero attached hydrogens (tertiary/aromatic N) is 3. The van der Waals surface area contributed by atoms with E-state index < -0.39 is 6.61 Å². The molecule has 2 aromatic carbocycles. The van der Waals surface area contributed by atoms with Crippen LogP contribution in [0.5, 0.6) is 5.75 Å². The highest BCUT2D eigenvalue weighted by Gasteiger charge is 2.21. The Morgan fingerprint density at radius 1 is 1.10 bits per heavy atom. The Hall–Kier alpha value is -3.29. The lowest BCUT2D eigenvalue weighted by Gasteiger charge is -2.19. The fourth-order valence-corrected chi connectivity index (χ4v) is 3.02. The first-order chi connectivity index (χ1) is 13.8. The summed E-state index contributed by atoms with van der Waals surface area (Å²) in [5, 5.41) is 5.24. The van der Waals surface area contributed by atoms with Gasteiger partial charge in [0.2, 0.25) is 0 Å². The molecule has 0 bridgehead atoms. The number of hydrogen-bond donors (Lipinski definition) is 0. The van der Waals surface area contributed by atoms with E-state index in [9.17, 15) is 18.4 Å². The van der Waals surface area contributed by atoms with Gasteiger partial charge in [-0.1, -0.05) is 30.3 Å². The number of carbonyl (C=O) groups excluding carboxylic acids is 1. The number of halogens is 2. The second-order valence-electron chi connectivity index (χ2n) is 6.92. The second-order valence-corrected chi connectivity index (χ2v) is 6.92. The Kier molecular flexibility index (Phi) is 5.91. The quantitative estimate of drug-likeness (QED) is 0.629. The topological polar surface area (TPSA) is 64.4 Å². The largest absolute Gasteiger partial charge is 0.435 e. The molecule has 6 nitrogen and oxygen atoms in total. The second kappa shape index (κ2) is 8.38. The van der Waals surface area contributed by atoms with Crippen LogP contribution in [0.4, 0.5) is 8.78 Å². The van der Waals surface area contributed by atoms with Crippen molar-refractivity contribution in [1.82, 2.24) is 14.7 Å². The van der Waals surface area contributed by atoms with Gasteiger partial charge >= 0.3 is 6.61 Å². The van der Waals surface area contributed by atoms with E-state index in [1.807, 2.05) is 13.8 Å². The number of benzene rings is 2. The molecule has 0 radical (unpaired) electrons. The van der Waals surface area contributed by atoms with Crippen molar-refractivity contribution in [2.75, 3.05) is 7.05 Å². The molecule has 0 saturated heterocycles. The molecule has 1 aromatic heterocycles. The number of hydrogen-bond acceptors (Lipinski definition) is 4. The van der Waals surface area contributed by atoms with Gasteiger partial charge in [-0.3, -0.25) is 9.59 Å². The molecular weight excluding hydrogens is 380 g/mol. The summed E-state index contributed by atoms with van der Waals surface area (Å²) in [5.74, 6) is -0.294. The summed E-state index contributed by atoms with van der Waals surface area (Å²) in [5.41, 5.74) is 0.683. The molecule has 8 heteroatoms. The summed E-state index contributed by atoms with van der Waals surface area (Å²) >= 11 is 0. The van der Waals surface area contributed by atoms with Crippen LogP contribution in [0.15, 0.2) is 53.3 Å². The van der Waals surface area contributed by atoms with Gasteiger partial charge in [0, 0.05) is 19.0 Å². The fourth-order valence-electron chi connectivity index (χ4n) is 3.02. The zero-order valence-electron chi connectivity index (χ0n) is 16.3. The van der Waals surface area contributed by atoms with Crippen LogP contribution in [0.3, 0.4) is 0 Å². The summed E-state index contributed by atoms with van der Waals surface area (Å²) in [6, 6.07) is 12.7. The van der Waals surface area contributed by atoms with Crippen molar-refractivity contribution in [1.29, 1.82) is 0 Å². The Balaban J connectivity index is 1.90. The van der Waals surface area contributed by atoms with Gasteiger partial charge in [0.1, 0.15) is 5.75 Å². The van der Waals surface area contributed by atoms with E-state index in [0.717, 1.165) is 5.56 Å². The van der Waals surface area contributed by atoms with Crippen LogP contribution >= 0.6 is 0 Å². The summed E-state index contributed by atoms with van der Waals surface area (Å²) in [4.78, 5) is 27.2. The zero-order chi connectivity index (χ0) is 21.1. The molecule has 0 atom stereocenters. The van der Waals surface area contributed by atoms with Gasteiger partial charge in [0.05, 0.1) is 11.4 Å². The molecule has 0 aliphatic heterocycles. The molecule has 3 rings (SSSR count). The van der Waals surface area contributed by atoms with Crippen molar-refractivity contribution in [3.05, 3.63) is 70.1 Å². The van der Waals surface area contributed by atoms with Crippen molar-refractivity contribution in [2.24, 2.45) is 0 Å². The predicted molar refractivity (Wildman–Crippen MR) is 105 cm³/mol. The predicted octanol–water partition coefficient (Wildman–Crippen LogP) is 3.85. The van der Waals surface area contributed by atoms with Gasteiger partial charge in [-0.25, -0.2) is 4.68 Å². The number of aromatic nitrogens is 2. The minimum atomic E-state index is -2.89. The van der Waals surface area contributed by atoms with Crippen molar-refractivity contribution < 1.29 is 18.3 Å². The average Bonchev–Trinajstić information content (AvgIpc) is 2.69.